The van der Waals surface area contributed by atoms with Crippen molar-refractivity contribution in [2.24, 2.45) is 5.73 Å². The maximum atomic E-state index is 5.87. The summed E-state index contributed by atoms with van der Waals surface area (Å²) >= 11 is 5.87. The zero-order chi connectivity index (χ0) is 9.90. The molecule has 0 aliphatic heterocycles. The molecule has 0 aromatic heterocycles. The highest BCUT2D eigenvalue weighted by Crippen LogP contribution is 2.25. The molecule has 13 heavy (non-hydrogen) atoms. The highest BCUT2D eigenvalue weighted by molar-refractivity contribution is 6.30. The van der Waals surface area contributed by atoms with E-state index < -0.39 is 5.60 Å². The van der Waals surface area contributed by atoms with Crippen molar-refractivity contribution in [2.45, 2.75) is 12.5 Å². The molecule has 0 fully saturated rings. The summed E-state index contributed by atoms with van der Waals surface area (Å²) in [4.78, 5) is 0. The summed E-state index contributed by atoms with van der Waals surface area (Å²) in [6, 6.07) is 7.56. The van der Waals surface area contributed by atoms with Crippen molar-refractivity contribution < 1.29 is 4.74 Å². The molecular formula is C10H14ClNO. The van der Waals surface area contributed by atoms with E-state index in [0.717, 1.165) is 5.56 Å². The van der Waals surface area contributed by atoms with E-state index in [9.17, 15) is 0 Å². The molecule has 1 aromatic rings. The van der Waals surface area contributed by atoms with Gasteiger partial charge in [0.1, 0.15) is 5.60 Å². The maximum Gasteiger partial charge on any atom is 0.102 e. The zero-order valence-corrected chi connectivity index (χ0v) is 8.64. The summed E-state index contributed by atoms with van der Waals surface area (Å²) in [6.45, 7) is 2.38. The number of methoxy groups -OCH3 is 1. The predicted octanol–water partition coefficient (Wildman–Crippen LogP) is 2.16. The predicted molar refractivity (Wildman–Crippen MR) is 54.9 cm³/mol. The minimum Gasteiger partial charge on any atom is -0.372 e. The van der Waals surface area contributed by atoms with E-state index in [1.165, 1.54) is 0 Å². The first-order valence-electron chi connectivity index (χ1n) is 4.13. The summed E-state index contributed by atoms with van der Waals surface area (Å²) < 4.78 is 5.34. The molecule has 1 rings (SSSR count). The molecule has 1 atom stereocenters. The van der Waals surface area contributed by atoms with Crippen LogP contribution in [0.4, 0.5) is 0 Å². The van der Waals surface area contributed by atoms with Gasteiger partial charge in [0.15, 0.2) is 0 Å². The SMILES string of the molecule is CO[C@@](C)(CN)c1cccc(Cl)c1. The molecule has 0 aliphatic rings. The lowest BCUT2D eigenvalue weighted by Gasteiger charge is -2.26. The fourth-order valence-corrected chi connectivity index (χ4v) is 1.33. The molecule has 0 radical (unpaired) electrons. The van der Waals surface area contributed by atoms with E-state index in [4.69, 9.17) is 22.1 Å². The second kappa shape index (κ2) is 4.09. The van der Waals surface area contributed by atoms with E-state index in [1.54, 1.807) is 7.11 Å². The van der Waals surface area contributed by atoms with Crippen molar-refractivity contribution in [2.75, 3.05) is 13.7 Å². The Bertz CT molecular complexity index is 284. The largest absolute Gasteiger partial charge is 0.372 e. The van der Waals surface area contributed by atoms with Gasteiger partial charge in [0.25, 0.3) is 0 Å². The topological polar surface area (TPSA) is 35.2 Å². The van der Waals surface area contributed by atoms with Gasteiger partial charge in [0, 0.05) is 18.7 Å². The van der Waals surface area contributed by atoms with Crippen LogP contribution in [0.5, 0.6) is 0 Å². The summed E-state index contributed by atoms with van der Waals surface area (Å²) in [7, 11) is 1.65. The van der Waals surface area contributed by atoms with Gasteiger partial charge in [-0.05, 0) is 24.6 Å². The lowest BCUT2D eigenvalue weighted by Crippen LogP contribution is -2.33. The number of halogens is 1. The molecule has 72 valence electrons. The number of ether oxygens (including phenoxy) is 1. The summed E-state index contributed by atoms with van der Waals surface area (Å²) in [5, 5.41) is 0.703. The summed E-state index contributed by atoms with van der Waals surface area (Å²) in [6.07, 6.45) is 0. The Morgan fingerprint density at radius 1 is 1.54 bits per heavy atom. The molecule has 0 saturated heterocycles. The number of hydrogen-bond donors (Lipinski definition) is 1. The van der Waals surface area contributed by atoms with Crippen LogP contribution in [0.3, 0.4) is 0 Å². The smallest absolute Gasteiger partial charge is 0.102 e. The van der Waals surface area contributed by atoms with Gasteiger partial charge >= 0.3 is 0 Å². The zero-order valence-electron chi connectivity index (χ0n) is 7.88. The van der Waals surface area contributed by atoms with Crippen LogP contribution in [0.25, 0.3) is 0 Å². The molecule has 0 heterocycles. The van der Waals surface area contributed by atoms with Crippen molar-refractivity contribution in [1.29, 1.82) is 0 Å². The number of nitrogens with two attached hydrogens (primary N) is 1. The molecule has 0 bridgehead atoms. The lowest BCUT2D eigenvalue weighted by atomic mass is 9.96. The average molecular weight is 200 g/mol. The minimum atomic E-state index is -0.440. The van der Waals surface area contributed by atoms with Gasteiger partial charge in [0.05, 0.1) is 0 Å². The van der Waals surface area contributed by atoms with Crippen LogP contribution in [-0.4, -0.2) is 13.7 Å². The summed E-state index contributed by atoms with van der Waals surface area (Å²) in [5.41, 5.74) is 6.20. The fraction of sp³-hybridized carbons (Fsp3) is 0.400. The van der Waals surface area contributed by atoms with Gasteiger partial charge in [-0.15, -0.1) is 0 Å². The van der Waals surface area contributed by atoms with E-state index in [1.807, 2.05) is 31.2 Å². The van der Waals surface area contributed by atoms with E-state index in [2.05, 4.69) is 0 Å². The quantitative estimate of drug-likeness (QED) is 0.810. The molecule has 0 unspecified atom stereocenters. The molecule has 0 spiro atoms. The Hall–Kier alpha value is -0.570. The van der Waals surface area contributed by atoms with Crippen LogP contribution in [0.1, 0.15) is 12.5 Å². The molecule has 2 nitrogen and oxygen atoms in total. The first-order valence-corrected chi connectivity index (χ1v) is 4.51. The van der Waals surface area contributed by atoms with Gasteiger partial charge in [-0.2, -0.15) is 0 Å². The second-order valence-corrected chi connectivity index (χ2v) is 3.59. The lowest BCUT2D eigenvalue weighted by molar-refractivity contribution is 0.0101. The Kier molecular flexibility index (Phi) is 3.31. The van der Waals surface area contributed by atoms with Crippen LogP contribution >= 0.6 is 11.6 Å². The van der Waals surface area contributed by atoms with Crippen LogP contribution in [0.15, 0.2) is 24.3 Å². The van der Waals surface area contributed by atoms with Crippen LogP contribution in [0.2, 0.25) is 5.02 Å². The molecular weight excluding hydrogens is 186 g/mol. The Morgan fingerprint density at radius 2 is 2.23 bits per heavy atom. The normalized spacial score (nSPS) is 15.4. The third-order valence-corrected chi connectivity index (χ3v) is 2.51. The van der Waals surface area contributed by atoms with E-state index >= 15 is 0 Å². The number of rotatable bonds is 3. The minimum absolute atomic E-state index is 0.434. The Morgan fingerprint density at radius 3 is 2.69 bits per heavy atom. The molecule has 1 aromatic carbocycles. The molecule has 0 amide bonds. The number of hydrogen-bond acceptors (Lipinski definition) is 2. The standard InChI is InChI=1S/C10H14ClNO/c1-10(7-12,13-2)8-4-3-5-9(11)6-8/h3-6H,7,12H2,1-2H3/t10-/m0/s1. The maximum absolute atomic E-state index is 5.87. The average Bonchev–Trinajstić information content (AvgIpc) is 2.17. The Balaban J connectivity index is 3.05. The van der Waals surface area contributed by atoms with Crippen LogP contribution < -0.4 is 5.73 Å². The van der Waals surface area contributed by atoms with Crippen LogP contribution in [-0.2, 0) is 10.3 Å². The highest BCUT2D eigenvalue weighted by Gasteiger charge is 2.23. The molecule has 3 heteroatoms. The third kappa shape index (κ3) is 2.21. The van der Waals surface area contributed by atoms with Gasteiger partial charge in [-0.25, -0.2) is 0 Å². The molecule has 2 N–H and O–H groups in total. The third-order valence-electron chi connectivity index (χ3n) is 2.28. The van der Waals surface area contributed by atoms with Crippen molar-refractivity contribution >= 4 is 11.6 Å². The van der Waals surface area contributed by atoms with Crippen molar-refractivity contribution in [1.82, 2.24) is 0 Å². The van der Waals surface area contributed by atoms with Crippen molar-refractivity contribution in [3.05, 3.63) is 34.9 Å². The fourth-order valence-electron chi connectivity index (χ4n) is 1.14. The van der Waals surface area contributed by atoms with E-state index in [0.29, 0.717) is 11.6 Å². The van der Waals surface area contributed by atoms with E-state index in [-0.39, 0.29) is 0 Å². The summed E-state index contributed by atoms with van der Waals surface area (Å²) in [5.74, 6) is 0. The van der Waals surface area contributed by atoms with Gasteiger partial charge in [0.2, 0.25) is 0 Å². The number of benzene rings is 1. The van der Waals surface area contributed by atoms with Gasteiger partial charge in [-0.3, -0.25) is 0 Å². The second-order valence-electron chi connectivity index (χ2n) is 3.15. The first-order chi connectivity index (χ1) is 6.12. The van der Waals surface area contributed by atoms with Crippen molar-refractivity contribution in [3.63, 3.8) is 0 Å². The van der Waals surface area contributed by atoms with Gasteiger partial charge < -0.3 is 10.5 Å². The van der Waals surface area contributed by atoms with Gasteiger partial charge in [-0.1, -0.05) is 23.7 Å². The first kappa shape index (κ1) is 10.5. The molecule has 0 aliphatic carbocycles. The highest BCUT2D eigenvalue weighted by atomic mass is 35.5. The van der Waals surface area contributed by atoms with Crippen LogP contribution in [0, 0.1) is 0 Å². The molecule has 0 saturated carbocycles. The Labute approximate surface area is 83.6 Å². The monoisotopic (exact) mass is 199 g/mol. The van der Waals surface area contributed by atoms with Crippen molar-refractivity contribution in [3.8, 4) is 0 Å².